The number of hydrogen-bond donors (Lipinski definition) is 0. The molecule has 0 amide bonds. The summed E-state index contributed by atoms with van der Waals surface area (Å²) in [7, 11) is -1.48. The molecule has 0 aliphatic carbocycles. The van der Waals surface area contributed by atoms with Crippen molar-refractivity contribution in [1.82, 2.24) is 0 Å². The van der Waals surface area contributed by atoms with Gasteiger partial charge in [-0.15, -0.1) is 16.0 Å². The van der Waals surface area contributed by atoms with E-state index in [-0.39, 0.29) is 4.75 Å². The first kappa shape index (κ1) is 12.5. The number of rotatable bonds is 1. The van der Waals surface area contributed by atoms with Crippen LogP contribution in [0.1, 0.15) is 20.8 Å². The molecule has 0 fully saturated rings. The predicted molar refractivity (Wildman–Crippen MR) is 74.8 cm³/mol. The lowest BCUT2D eigenvalue weighted by atomic mass is 10.3. The molecule has 1 aromatic carbocycles. The van der Waals surface area contributed by atoms with E-state index in [0.717, 1.165) is 0 Å². The van der Waals surface area contributed by atoms with E-state index in [1.807, 2.05) is 11.2 Å². The maximum atomic E-state index is 3.67. The fourth-order valence-corrected chi connectivity index (χ4v) is 4.94. The smallest absolute Gasteiger partial charge is 0.136 e. The second-order valence-corrected chi connectivity index (χ2v) is 11.4. The second-order valence-electron chi connectivity index (χ2n) is 5.31. The molecule has 1 aromatic rings. The van der Waals surface area contributed by atoms with Gasteiger partial charge in [-0.3, -0.25) is 0 Å². The Hall–Kier alpha value is -0.563. The van der Waals surface area contributed by atoms with Gasteiger partial charge in [-0.1, -0.05) is 43.4 Å². The summed E-state index contributed by atoms with van der Waals surface area (Å²) in [6, 6.07) is 10.8. The first-order valence-electron chi connectivity index (χ1n) is 5.32. The van der Waals surface area contributed by atoms with Gasteiger partial charge in [-0.25, -0.2) is 0 Å². The average molecular weight is 236 g/mol. The van der Waals surface area contributed by atoms with Crippen LogP contribution in [0, 0.1) is 4.81 Å². The third kappa shape index (κ3) is 4.21. The standard InChI is InChI=1S/C13H20SSi/c1-13(2,3)14-11-15(4,5)12-9-7-6-8-10-12/h6-10H,1-5H3. The van der Waals surface area contributed by atoms with Crippen molar-refractivity contribution in [3.05, 3.63) is 30.3 Å². The molecule has 0 radical (unpaired) electrons. The molecule has 15 heavy (non-hydrogen) atoms. The minimum absolute atomic E-state index is 0.277. The normalized spacial score (nSPS) is 12.1. The molecule has 82 valence electrons. The Morgan fingerprint density at radius 1 is 1.07 bits per heavy atom. The van der Waals surface area contributed by atoms with Crippen LogP contribution in [0.5, 0.6) is 0 Å². The minimum Gasteiger partial charge on any atom is -0.136 e. The minimum atomic E-state index is -1.48. The van der Waals surface area contributed by atoms with E-state index in [4.69, 9.17) is 0 Å². The van der Waals surface area contributed by atoms with Crippen LogP contribution in [0.15, 0.2) is 30.3 Å². The van der Waals surface area contributed by atoms with Crippen LogP contribution < -0.4 is 5.19 Å². The third-order valence-corrected chi connectivity index (χ3v) is 6.95. The van der Waals surface area contributed by atoms with Gasteiger partial charge in [0.05, 0.1) is 0 Å². The number of benzene rings is 1. The molecule has 0 spiro atoms. The molecule has 0 heterocycles. The molecular formula is C13H20SSi. The van der Waals surface area contributed by atoms with Gasteiger partial charge in [0.15, 0.2) is 8.07 Å². The van der Waals surface area contributed by atoms with E-state index in [1.165, 1.54) is 5.19 Å². The first-order chi connectivity index (χ1) is 6.81. The summed E-state index contributed by atoms with van der Waals surface area (Å²) in [6.45, 7) is 11.4. The van der Waals surface area contributed by atoms with E-state index < -0.39 is 8.07 Å². The lowest BCUT2D eigenvalue weighted by Gasteiger charge is -2.16. The molecule has 0 aromatic heterocycles. The largest absolute Gasteiger partial charge is 0.165 e. The highest BCUT2D eigenvalue weighted by molar-refractivity contribution is 7.91. The van der Waals surface area contributed by atoms with Gasteiger partial charge in [0.2, 0.25) is 0 Å². The molecule has 0 aliphatic rings. The lowest BCUT2D eigenvalue weighted by Crippen LogP contribution is -2.39. The molecular weight excluding hydrogens is 216 g/mol. The Morgan fingerprint density at radius 3 is 2.07 bits per heavy atom. The quantitative estimate of drug-likeness (QED) is 0.653. The van der Waals surface area contributed by atoms with Gasteiger partial charge in [0, 0.05) is 4.75 Å². The van der Waals surface area contributed by atoms with Crippen molar-refractivity contribution in [3.63, 3.8) is 0 Å². The Labute approximate surface area is 98.3 Å². The summed E-state index contributed by atoms with van der Waals surface area (Å²) in [6.07, 6.45) is 0. The van der Waals surface area contributed by atoms with Gasteiger partial charge in [0.1, 0.15) is 0 Å². The van der Waals surface area contributed by atoms with Crippen molar-refractivity contribution >= 4 is 24.4 Å². The highest BCUT2D eigenvalue weighted by atomic mass is 32.1. The highest BCUT2D eigenvalue weighted by Crippen LogP contribution is 2.15. The van der Waals surface area contributed by atoms with Crippen molar-refractivity contribution in [3.8, 4) is 4.81 Å². The summed E-state index contributed by atoms with van der Waals surface area (Å²) in [5, 5.41) is 1.46. The number of hydrogen-bond acceptors (Lipinski definition) is 0. The fraction of sp³-hybridized carbons (Fsp3) is 0.462. The molecule has 0 N–H and O–H groups in total. The fourth-order valence-electron chi connectivity index (χ4n) is 1.19. The topological polar surface area (TPSA) is 0 Å². The average Bonchev–Trinajstić information content (AvgIpc) is 2.16. The Kier molecular flexibility index (Phi) is 3.77. The van der Waals surface area contributed by atoms with E-state index in [1.54, 1.807) is 0 Å². The highest BCUT2D eigenvalue weighted by Gasteiger charge is 2.21. The van der Waals surface area contributed by atoms with Gasteiger partial charge in [0.25, 0.3) is 0 Å². The van der Waals surface area contributed by atoms with Gasteiger partial charge in [-0.05, 0) is 26.0 Å². The SMILES string of the molecule is CC(C)(C)S#C[Si](C)(C)c1ccccc1. The van der Waals surface area contributed by atoms with Gasteiger partial charge < -0.3 is 0 Å². The summed E-state index contributed by atoms with van der Waals surface area (Å²) < 4.78 is 0.277. The lowest BCUT2D eigenvalue weighted by molar-refractivity contribution is 0.811. The molecule has 0 atom stereocenters. The Bertz CT molecular complexity index is 376. The molecule has 0 saturated carbocycles. The van der Waals surface area contributed by atoms with E-state index in [2.05, 4.69) is 69.0 Å². The van der Waals surface area contributed by atoms with Gasteiger partial charge >= 0.3 is 0 Å². The zero-order valence-corrected chi connectivity index (χ0v) is 12.1. The maximum absolute atomic E-state index is 3.67. The summed E-state index contributed by atoms with van der Waals surface area (Å²) >= 11 is 1.85. The van der Waals surface area contributed by atoms with E-state index >= 15 is 0 Å². The monoisotopic (exact) mass is 236 g/mol. The third-order valence-electron chi connectivity index (χ3n) is 2.11. The second kappa shape index (κ2) is 4.52. The van der Waals surface area contributed by atoms with Crippen molar-refractivity contribution in [2.45, 2.75) is 38.6 Å². The molecule has 0 bridgehead atoms. The van der Waals surface area contributed by atoms with Crippen LogP contribution in [0.2, 0.25) is 13.1 Å². The van der Waals surface area contributed by atoms with E-state index in [0.29, 0.717) is 0 Å². The zero-order valence-electron chi connectivity index (χ0n) is 10.3. The van der Waals surface area contributed by atoms with Crippen molar-refractivity contribution in [2.75, 3.05) is 0 Å². The van der Waals surface area contributed by atoms with Crippen LogP contribution >= 0.6 is 11.2 Å². The summed E-state index contributed by atoms with van der Waals surface area (Å²) in [5.74, 6) is 0. The van der Waals surface area contributed by atoms with Crippen LogP contribution in [0.25, 0.3) is 0 Å². The van der Waals surface area contributed by atoms with E-state index in [9.17, 15) is 0 Å². The molecule has 0 aliphatic heterocycles. The van der Waals surface area contributed by atoms with Crippen LogP contribution in [-0.2, 0) is 0 Å². The first-order valence-corrected chi connectivity index (χ1v) is 9.14. The molecule has 1 rings (SSSR count). The maximum Gasteiger partial charge on any atom is 0.165 e. The molecule has 2 heteroatoms. The van der Waals surface area contributed by atoms with Crippen molar-refractivity contribution < 1.29 is 0 Å². The summed E-state index contributed by atoms with van der Waals surface area (Å²) in [5.41, 5.74) is 0. The zero-order chi connectivity index (χ0) is 11.5. The van der Waals surface area contributed by atoms with Crippen LogP contribution in [0.4, 0.5) is 0 Å². The molecule has 0 unspecified atom stereocenters. The summed E-state index contributed by atoms with van der Waals surface area (Å²) in [4.78, 5) is 3.67. The molecule has 0 saturated heterocycles. The van der Waals surface area contributed by atoms with Crippen molar-refractivity contribution in [2.24, 2.45) is 0 Å². The van der Waals surface area contributed by atoms with Crippen LogP contribution in [-0.4, -0.2) is 12.8 Å². The molecule has 0 nitrogen and oxygen atoms in total. The predicted octanol–water partition coefficient (Wildman–Crippen LogP) is 3.63. The van der Waals surface area contributed by atoms with Crippen molar-refractivity contribution in [1.29, 1.82) is 0 Å². The van der Waals surface area contributed by atoms with Gasteiger partial charge in [-0.2, -0.15) is 0 Å². The Morgan fingerprint density at radius 2 is 1.60 bits per heavy atom. The van der Waals surface area contributed by atoms with Crippen LogP contribution in [0.3, 0.4) is 0 Å². The Balaban J connectivity index is 2.98.